The Morgan fingerprint density at radius 2 is 1.81 bits per heavy atom. The summed E-state index contributed by atoms with van der Waals surface area (Å²) in [6.45, 7) is 9.51. The Labute approximate surface area is 100 Å². The molecule has 0 aromatic heterocycles. The maximum Gasteiger partial charge on any atom is 0.214 e. The van der Waals surface area contributed by atoms with Crippen molar-refractivity contribution in [2.75, 3.05) is 25.4 Å². The molecule has 5 heteroatoms. The topological polar surface area (TPSA) is 63.4 Å². The first-order valence-corrected chi connectivity index (χ1v) is 7.62. The van der Waals surface area contributed by atoms with Crippen molar-refractivity contribution in [3.63, 3.8) is 0 Å². The molecular weight excluding hydrogens is 224 g/mol. The molecule has 0 saturated carbocycles. The van der Waals surface area contributed by atoms with Gasteiger partial charge in [0.2, 0.25) is 10.0 Å². The molecule has 4 nitrogen and oxygen atoms in total. The van der Waals surface area contributed by atoms with Crippen LogP contribution in [0.25, 0.3) is 0 Å². The predicted octanol–water partition coefficient (Wildman–Crippen LogP) is 1.28. The SMILES string of the molecule is CCN(CC(C)CN)S(=O)(=O)CCC(C)C. The molecule has 0 saturated heterocycles. The largest absolute Gasteiger partial charge is 0.330 e. The van der Waals surface area contributed by atoms with Crippen molar-refractivity contribution in [2.45, 2.75) is 34.1 Å². The molecule has 0 fully saturated rings. The fraction of sp³-hybridized carbons (Fsp3) is 1.00. The van der Waals surface area contributed by atoms with Crippen molar-refractivity contribution in [1.29, 1.82) is 0 Å². The van der Waals surface area contributed by atoms with E-state index in [0.717, 1.165) is 6.42 Å². The molecule has 16 heavy (non-hydrogen) atoms. The number of nitrogens with two attached hydrogens (primary N) is 1. The lowest BCUT2D eigenvalue weighted by molar-refractivity contribution is 0.369. The molecule has 0 spiro atoms. The number of sulfonamides is 1. The van der Waals surface area contributed by atoms with Gasteiger partial charge in [-0.25, -0.2) is 12.7 Å². The van der Waals surface area contributed by atoms with Gasteiger partial charge in [-0.15, -0.1) is 0 Å². The minimum atomic E-state index is -3.09. The second-order valence-electron chi connectivity index (χ2n) is 4.79. The predicted molar refractivity (Wildman–Crippen MR) is 68.7 cm³/mol. The summed E-state index contributed by atoms with van der Waals surface area (Å²) >= 11 is 0. The van der Waals surface area contributed by atoms with Gasteiger partial charge in [-0.3, -0.25) is 0 Å². The van der Waals surface area contributed by atoms with E-state index in [1.54, 1.807) is 4.31 Å². The molecule has 1 atom stereocenters. The third-order valence-corrected chi connectivity index (χ3v) is 4.56. The first-order valence-electron chi connectivity index (χ1n) is 6.01. The summed E-state index contributed by atoms with van der Waals surface area (Å²) in [6, 6.07) is 0. The molecule has 0 aliphatic carbocycles. The molecule has 0 amide bonds. The van der Waals surface area contributed by atoms with Crippen LogP contribution < -0.4 is 5.73 Å². The Balaban J connectivity index is 4.43. The van der Waals surface area contributed by atoms with Gasteiger partial charge in [0.05, 0.1) is 5.75 Å². The van der Waals surface area contributed by atoms with E-state index in [4.69, 9.17) is 5.73 Å². The zero-order valence-electron chi connectivity index (χ0n) is 10.9. The van der Waals surface area contributed by atoms with Gasteiger partial charge in [-0.05, 0) is 24.8 Å². The highest BCUT2D eigenvalue weighted by molar-refractivity contribution is 7.89. The smallest absolute Gasteiger partial charge is 0.214 e. The number of hydrogen-bond acceptors (Lipinski definition) is 3. The molecule has 2 N–H and O–H groups in total. The van der Waals surface area contributed by atoms with Crippen LogP contribution in [-0.2, 0) is 10.0 Å². The second kappa shape index (κ2) is 7.25. The van der Waals surface area contributed by atoms with Crippen LogP contribution in [-0.4, -0.2) is 38.1 Å². The highest BCUT2D eigenvalue weighted by Crippen LogP contribution is 2.10. The third kappa shape index (κ3) is 5.82. The van der Waals surface area contributed by atoms with Gasteiger partial charge in [0, 0.05) is 13.1 Å². The first kappa shape index (κ1) is 15.9. The minimum Gasteiger partial charge on any atom is -0.330 e. The average molecular weight is 250 g/mol. The first-order chi connectivity index (χ1) is 7.33. The van der Waals surface area contributed by atoms with E-state index in [2.05, 4.69) is 0 Å². The Hall–Kier alpha value is -0.130. The zero-order valence-corrected chi connectivity index (χ0v) is 11.8. The van der Waals surface area contributed by atoms with E-state index in [1.807, 2.05) is 27.7 Å². The molecular formula is C11H26N2O2S. The summed E-state index contributed by atoms with van der Waals surface area (Å²) in [5.41, 5.74) is 5.52. The van der Waals surface area contributed by atoms with Crippen LogP contribution in [0.4, 0.5) is 0 Å². The fourth-order valence-electron chi connectivity index (χ4n) is 1.38. The Morgan fingerprint density at radius 1 is 1.25 bits per heavy atom. The van der Waals surface area contributed by atoms with Crippen molar-refractivity contribution < 1.29 is 8.42 Å². The van der Waals surface area contributed by atoms with Gasteiger partial charge < -0.3 is 5.73 Å². The molecule has 0 heterocycles. The second-order valence-corrected chi connectivity index (χ2v) is 6.88. The lowest BCUT2D eigenvalue weighted by atomic mass is 10.2. The summed E-state index contributed by atoms with van der Waals surface area (Å²) < 4.78 is 25.6. The quantitative estimate of drug-likeness (QED) is 0.706. The van der Waals surface area contributed by atoms with Gasteiger partial charge >= 0.3 is 0 Å². The molecule has 0 radical (unpaired) electrons. The van der Waals surface area contributed by atoms with E-state index < -0.39 is 10.0 Å². The standard InChI is InChI=1S/C11H26N2O2S/c1-5-13(9-11(4)8-12)16(14,15)7-6-10(2)3/h10-11H,5-9,12H2,1-4H3. The van der Waals surface area contributed by atoms with Crippen LogP contribution in [0.1, 0.15) is 34.1 Å². The summed E-state index contributed by atoms with van der Waals surface area (Å²) in [7, 11) is -3.09. The number of nitrogens with zero attached hydrogens (tertiary/aromatic N) is 1. The minimum absolute atomic E-state index is 0.216. The van der Waals surface area contributed by atoms with Gasteiger partial charge in [0.25, 0.3) is 0 Å². The van der Waals surface area contributed by atoms with Crippen LogP contribution in [0.2, 0.25) is 0 Å². The maximum absolute atomic E-state index is 12.0. The van der Waals surface area contributed by atoms with Crippen LogP contribution in [0.15, 0.2) is 0 Å². The Morgan fingerprint density at radius 3 is 2.19 bits per heavy atom. The normalized spacial score (nSPS) is 14.7. The van der Waals surface area contributed by atoms with Crippen molar-refractivity contribution in [3.8, 4) is 0 Å². The summed E-state index contributed by atoms with van der Waals surface area (Å²) in [5, 5.41) is 0. The summed E-state index contributed by atoms with van der Waals surface area (Å²) in [6.07, 6.45) is 0.718. The van der Waals surface area contributed by atoms with E-state index in [9.17, 15) is 8.42 Å². The molecule has 0 aliphatic rings. The molecule has 0 aromatic rings. The maximum atomic E-state index is 12.0. The van der Waals surface area contributed by atoms with Gasteiger partial charge in [0.15, 0.2) is 0 Å². The molecule has 0 aromatic carbocycles. The van der Waals surface area contributed by atoms with E-state index in [1.165, 1.54) is 0 Å². The van der Waals surface area contributed by atoms with E-state index in [0.29, 0.717) is 25.6 Å². The van der Waals surface area contributed by atoms with Gasteiger partial charge in [-0.2, -0.15) is 0 Å². The third-order valence-electron chi connectivity index (χ3n) is 2.62. The Bertz CT molecular complexity index is 276. The average Bonchev–Trinajstić information content (AvgIpc) is 2.22. The molecule has 98 valence electrons. The van der Waals surface area contributed by atoms with Crippen LogP contribution in [0, 0.1) is 11.8 Å². The van der Waals surface area contributed by atoms with Crippen LogP contribution in [0.5, 0.6) is 0 Å². The van der Waals surface area contributed by atoms with Crippen LogP contribution in [0.3, 0.4) is 0 Å². The molecule has 0 bridgehead atoms. The van der Waals surface area contributed by atoms with Gasteiger partial charge in [0.1, 0.15) is 0 Å². The molecule has 0 aliphatic heterocycles. The highest BCUT2D eigenvalue weighted by atomic mass is 32.2. The molecule has 0 rings (SSSR count). The van der Waals surface area contributed by atoms with Crippen molar-refractivity contribution in [3.05, 3.63) is 0 Å². The summed E-state index contributed by atoms with van der Waals surface area (Å²) in [4.78, 5) is 0. The van der Waals surface area contributed by atoms with Gasteiger partial charge in [-0.1, -0.05) is 27.7 Å². The van der Waals surface area contributed by atoms with Crippen LogP contribution >= 0.6 is 0 Å². The van der Waals surface area contributed by atoms with Crippen molar-refractivity contribution >= 4 is 10.0 Å². The monoisotopic (exact) mass is 250 g/mol. The zero-order chi connectivity index (χ0) is 12.8. The lowest BCUT2D eigenvalue weighted by Gasteiger charge is -2.23. The van der Waals surface area contributed by atoms with E-state index >= 15 is 0 Å². The van der Waals surface area contributed by atoms with E-state index in [-0.39, 0.29) is 11.7 Å². The lowest BCUT2D eigenvalue weighted by Crippen LogP contribution is -2.38. The fourth-order valence-corrected chi connectivity index (χ4v) is 3.28. The number of rotatable bonds is 8. The molecule has 1 unspecified atom stereocenters. The number of hydrogen-bond donors (Lipinski definition) is 1. The summed E-state index contributed by atoms with van der Waals surface area (Å²) in [5.74, 6) is 0.879. The Kier molecular flexibility index (Phi) is 7.19. The van der Waals surface area contributed by atoms with Crippen molar-refractivity contribution in [2.24, 2.45) is 17.6 Å². The highest BCUT2D eigenvalue weighted by Gasteiger charge is 2.21. The van der Waals surface area contributed by atoms with Crippen molar-refractivity contribution in [1.82, 2.24) is 4.31 Å².